The van der Waals surface area contributed by atoms with Crippen LogP contribution in [0.15, 0.2) is 72.8 Å². The van der Waals surface area contributed by atoms with Gasteiger partial charge in [-0.25, -0.2) is 14.3 Å². The van der Waals surface area contributed by atoms with Gasteiger partial charge >= 0.3 is 12.0 Å². The molecule has 4 aromatic rings. The number of carbonyl (C=O) groups excluding carboxylic acids is 2. The number of hydrogen-bond donors (Lipinski definition) is 2. The first-order valence-electron chi connectivity index (χ1n) is 10.8. The van der Waals surface area contributed by atoms with Crippen molar-refractivity contribution in [2.75, 3.05) is 10.6 Å². The molecule has 174 valence electrons. The Morgan fingerprint density at radius 3 is 2.41 bits per heavy atom. The van der Waals surface area contributed by atoms with Crippen LogP contribution in [0, 0.1) is 0 Å². The minimum absolute atomic E-state index is 0.250. The quantitative estimate of drug-likeness (QED) is 0.290. The lowest BCUT2D eigenvalue weighted by atomic mass is 9.92. The van der Waals surface area contributed by atoms with Crippen molar-refractivity contribution in [2.24, 2.45) is 0 Å². The summed E-state index contributed by atoms with van der Waals surface area (Å²) in [5, 5.41) is 12.5. The number of amides is 2. The van der Waals surface area contributed by atoms with E-state index in [1.54, 1.807) is 22.9 Å². The molecule has 0 spiro atoms. The molecule has 3 aromatic carbocycles. The molecule has 1 heterocycles. The highest BCUT2D eigenvalue weighted by Crippen LogP contribution is 2.28. The molecule has 0 aliphatic heterocycles. The van der Waals surface area contributed by atoms with Crippen molar-refractivity contribution < 1.29 is 19.4 Å². The predicted molar refractivity (Wildman–Crippen MR) is 131 cm³/mol. The first-order valence-corrected chi connectivity index (χ1v) is 10.8. The molecule has 0 saturated carbocycles. The van der Waals surface area contributed by atoms with Gasteiger partial charge < -0.3 is 5.32 Å². The van der Waals surface area contributed by atoms with E-state index in [1.165, 1.54) is 6.92 Å². The average molecular weight is 459 g/mol. The summed E-state index contributed by atoms with van der Waals surface area (Å²) in [6.45, 7) is 7.38. The summed E-state index contributed by atoms with van der Waals surface area (Å²) in [6.07, 6.45) is 0. The van der Waals surface area contributed by atoms with Crippen molar-refractivity contribution in [3.05, 3.63) is 78.5 Å². The van der Waals surface area contributed by atoms with Crippen LogP contribution in [0.5, 0.6) is 5.75 Å². The Kier molecular flexibility index (Phi) is 6.23. The van der Waals surface area contributed by atoms with Crippen LogP contribution >= 0.6 is 0 Å². The second-order valence-electron chi connectivity index (χ2n) is 8.84. The molecule has 0 aliphatic carbocycles. The van der Waals surface area contributed by atoms with E-state index in [2.05, 4.69) is 15.5 Å². The predicted octanol–water partition coefficient (Wildman–Crippen LogP) is 5.82. The second-order valence-corrected chi connectivity index (χ2v) is 8.84. The van der Waals surface area contributed by atoms with Crippen molar-refractivity contribution in [1.29, 1.82) is 0 Å². The van der Waals surface area contributed by atoms with Gasteiger partial charge in [-0.1, -0.05) is 63.2 Å². The van der Waals surface area contributed by atoms with Gasteiger partial charge in [0.1, 0.15) is 5.82 Å². The number of anilines is 2. The van der Waals surface area contributed by atoms with Crippen molar-refractivity contribution in [3.63, 3.8) is 0 Å². The number of hydrogen-bond acceptors (Lipinski definition) is 5. The Morgan fingerprint density at radius 2 is 1.65 bits per heavy atom. The van der Waals surface area contributed by atoms with E-state index >= 15 is 0 Å². The summed E-state index contributed by atoms with van der Waals surface area (Å²) >= 11 is 0. The van der Waals surface area contributed by atoms with Crippen molar-refractivity contribution >= 4 is 34.3 Å². The first kappa shape index (κ1) is 22.8. The molecular weight excluding hydrogens is 432 g/mol. The lowest BCUT2D eigenvalue weighted by molar-refractivity contribution is -0.210. The van der Waals surface area contributed by atoms with Crippen LogP contribution in [0.4, 0.5) is 16.3 Å². The van der Waals surface area contributed by atoms with E-state index in [1.807, 2.05) is 75.4 Å². The number of fused-ring (bicyclic) bond motifs is 1. The summed E-state index contributed by atoms with van der Waals surface area (Å²) < 4.78 is 1.61. The van der Waals surface area contributed by atoms with E-state index in [-0.39, 0.29) is 5.41 Å². The van der Waals surface area contributed by atoms with Gasteiger partial charge in [-0.05, 0) is 23.6 Å². The molecule has 2 amide bonds. The summed E-state index contributed by atoms with van der Waals surface area (Å²) in [5.74, 6) is 0.242. The smallest absolute Gasteiger partial charge is 0.307 e. The van der Waals surface area contributed by atoms with E-state index in [9.17, 15) is 9.59 Å². The van der Waals surface area contributed by atoms with Crippen LogP contribution in [0.1, 0.15) is 33.4 Å². The average Bonchev–Trinajstić information content (AvgIpc) is 3.22. The number of urea groups is 1. The molecule has 34 heavy (non-hydrogen) atoms. The lowest BCUT2D eigenvalue weighted by Gasteiger charge is -2.14. The van der Waals surface area contributed by atoms with Gasteiger partial charge in [-0.2, -0.15) is 5.10 Å². The largest absolute Gasteiger partial charge is 0.352 e. The van der Waals surface area contributed by atoms with Crippen molar-refractivity contribution in [1.82, 2.24) is 9.78 Å². The zero-order valence-corrected chi connectivity index (χ0v) is 19.5. The molecule has 8 heteroatoms. The maximum atomic E-state index is 13.0. The first-order chi connectivity index (χ1) is 16.2. The number of benzene rings is 3. The summed E-state index contributed by atoms with van der Waals surface area (Å²) in [5.41, 5.74) is 1.87. The lowest BCUT2D eigenvalue weighted by Crippen LogP contribution is -2.21. The molecular formula is C26H26N4O4. The Bertz CT molecular complexity index is 1350. The monoisotopic (exact) mass is 458 g/mol. The molecule has 0 atom stereocenters. The van der Waals surface area contributed by atoms with Crippen LogP contribution in [0.3, 0.4) is 0 Å². The van der Waals surface area contributed by atoms with Gasteiger partial charge in [-0.15, -0.1) is 0 Å². The summed E-state index contributed by atoms with van der Waals surface area (Å²) in [6, 6.07) is 21.9. The number of nitrogens with zero attached hydrogens (tertiary/aromatic N) is 2. The highest BCUT2D eigenvalue weighted by Gasteiger charge is 2.22. The maximum Gasteiger partial charge on any atom is 0.352 e. The van der Waals surface area contributed by atoms with Crippen LogP contribution in [0.2, 0.25) is 0 Å². The third kappa shape index (κ3) is 5.17. The maximum absolute atomic E-state index is 13.0. The minimum Gasteiger partial charge on any atom is -0.307 e. The second kappa shape index (κ2) is 9.27. The number of aromatic nitrogens is 2. The molecule has 0 fully saturated rings. The van der Waals surface area contributed by atoms with Crippen LogP contribution < -0.4 is 15.5 Å². The fourth-order valence-corrected chi connectivity index (χ4v) is 3.41. The third-order valence-corrected chi connectivity index (χ3v) is 5.07. The molecule has 0 unspecified atom stereocenters. The Morgan fingerprint density at radius 1 is 0.912 bits per heavy atom. The third-order valence-electron chi connectivity index (χ3n) is 5.07. The Balaban J connectivity index is 1.64. The van der Waals surface area contributed by atoms with Crippen LogP contribution in [-0.2, 0) is 15.1 Å². The SMILES string of the molecule is CC(=O)OOc1cccc(-n2nc(C(C)(C)C)cc2NC(=O)Nc2cccc3ccccc23)c1. The fourth-order valence-electron chi connectivity index (χ4n) is 3.41. The highest BCUT2D eigenvalue weighted by atomic mass is 17.2. The number of nitrogens with one attached hydrogen (secondary N) is 2. The molecule has 2 N–H and O–H groups in total. The van der Waals surface area contributed by atoms with E-state index in [4.69, 9.17) is 9.99 Å². The topological polar surface area (TPSA) is 94.5 Å². The van der Waals surface area contributed by atoms with Gasteiger partial charge in [0.2, 0.25) is 0 Å². The van der Waals surface area contributed by atoms with E-state index in [0.29, 0.717) is 22.9 Å². The molecule has 8 nitrogen and oxygen atoms in total. The molecule has 0 radical (unpaired) electrons. The normalized spacial score (nSPS) is 11.2. The Labute approximate surface area is 197 Å². The molecule has 0 bridgehead atoms. The van der Waals surface area contributed by atoms with Gasteiger partial charge in [0, 0.05) is 29.9 Å². The number of rotatable bonds is 5. The number of carbonyl (C=O) groups is 2. The van der Waals surface area contributed by atoms with E-state index < -0.39 is 12.0 Å². The van der Waals surface area contributed by atoms with Crippen LogP contribution in [0.25, 0.3) is 16.5 Å². The highest BCUT2D eigenvalue weighted by molar-refractivity contribution is 6.06. The van der Waals surface area contributed by atoms with Gasteiger partial charge in [0.05, 0.1) is 17.1 Å². The molecule has 0 aliphatic rings. The zero-order valence-electron chi connectivity index (χ0n) is 19.5. The Hall–Kier alpha value is -4.33. The van der Waals surface area contributed by atoms with Crippen LogP contribution in [-0.4, -0.2) is 21.8 Å². The zero-order chi connectivity index (χ0) is 24.3. The summed E-state index contributed by atoms with van der Waals surface area (Å²) in [4.78, 5) is 33.7. The van der Waals surface area contributed by atoms with Gasteiger partial charge in [-0.3, -0.25) is 15.1 Å². The minimum atomic E-state index is -0.563. The standard InChI is InChI=1S/C26H26N4O4/c1-17(31)33-34-20-12-8-11-19(15-20)30-24(16-23(29-30)26(2,3)4)28-25(32)27-22-14-7-10-18-9-5-6-13-21(18)22/h5-16H,1-4H3,(H2,27,28,32). The van der Waals surface area contributed by atoms with Crippen molar-refractivity contribution in [3.8, 4) is 11.4 Å². The summed E-state index contributed by atoms with van der Waals surface area (Å²) in [7, 11) is 0. The molecule has 1 aromatic heterocycles. The molecule has 0 saturated heterocycles. The van der Waals surface area contributed by atoms with Crippen molar-refractivity contribution in [2.45, 2.75) is 33.1 Å². The fraction of sp³-hybridized carbons (Fsp3) is 0.192. The van der Waals surface area contributed by atoms with E-state index in [0.717, 1.165) is 16.5 Å². The molecule has 4 rings (SSSR count). The van der Waals surface area contributed by atoms with Gasteiger partial charge in [0.25, 0.3) is 0 Å². The van der Waals surface area contributed by atoms with Gasteiger partial charge in [0.15, 0.2) is 5.75 Å².